The van der Waals surface area contributed by atoms with Gasteiger partial charge in [-0.25, -0.2) is 9.78 Å². The Kier molecular flexibility index (Phi) is 5.17. The van der Waals surface area contributed by atoms with Crippen LogP contribution in [-0.2, 0) is 10.5 Å². The number of rotatable bonds is 5. The number of ether oxygens (including phenoxy) is 1. The van der Waals surface area contributed by atoms with Crippen molar-refractivity contribution in [2.75, 3.05) is 7.11 Å². The van der Waals surface area contributed by atoms with Gasteiger partial charge in [-0.3, -0.25) is 5.10 Å². The fourth-order valence-electron chi connectivity index (χ4n) is 2.05. The van der Waals surface area contributed by atoms with E-state index >= 15 is 0 Å². The van der Waals surface area contributed by atoms with Gasteiger partial charge in [0.25, 0.3) is 0 Å². The van der Waals surface area contributed by atoms with E-state index in [9.17, 15) is 4.79 Å². The van der Waals surface area contributed by atoms with Crippen LogP contribution in [0.5, 0.6) is 0 Å². The van der Waals surface area contributed by atoms with Crippen molar-refractivity contribution in [2.24, 2.45) is 0 Å². The van der Waals surface area contributed by atoms with Crippen LogP contribution < -0.4 is 0 Å². The molecule has 0 bridgehead atoms. The second-order valence-corrected chi connectivity index (χ2v) is 6.33. The molecule has 2 aromatic carbocycles. The number of nitrogens with one attached hydrogen (secondary N) is 1. The molecule has 5 nitrogen and oxygen atoms in total. The van der Waals surface area contributed by atoms with Gasteiger partial charge in [0.2, 0.25) is 5.16 Å². The SMILES string of the molecule is COC(=O)c1ccc(CSc2n[nH]c(-c3ccc(Cl)cc3)n2)cc1. The Morgan fingerprint density at radius 2 is 1.88 bits per heavy atom. The van der Waals surface area contributed by atoms with E-state index in [1.165, 1.54) is 18.9 Å². The zero-order valence-electron chi connectivity index (χ0n) is 12.8. The van der Waals surface area contributed by atoms with Crippen LogP contribution in [0.1, 0.15) is 15.9 Å². The second kappa shape index (κ2) is 7.51. The normalized spacial score (nSPS) is 10.6. The van der Waals surface area contributed by atoms with Crippen molar-refractivity contribution in [1.82, 2.24) is 15.2 Å². The molecule has 122 valence electrons. The number of hydrogen-bond donors (Lipinski definition) is 1. The Labute approximate surface area is 148 Å². The van der Waals surface area contributed by atoms with Crippen molar-refractivity contribution in [3.8, 4) is 11.4 Å². The third kappa shape index (κ3) is 3.96. The average molecular weight is 360 g/mol. The van der Waals surface area contributed by atoms with Gasteiger partial charge in [0.05, 0.1) is 12.7 Å². The monoisotopic (exact) mass is 359 g/mol. The predicted octanol–water partition coefficient (Wildman–Crippen LogP) is 4.20. The highest BCUT2D eigenvalue weighted by molar-refractivity contribution is 7.98. The van der Waals surface area contributed by atoms with Crippen molar-refractivity contribution < 1.29 is 9.53 Å². The van der Waals surface area contributed by atoms with Gasteiger partial charge in [0.15, 0.2) is 5.82 Å². The summed E-state index contributed by atoms with van der Waals surface area (Å²) in [6.07, 6.45) is 0. The third-order valence-corrected chi connectivity index (χ3v) is 4.50. The highest BCUT2D eigenvalue weighted by Crippen LogP contribution is 2.23. The van der Waals surface area contributed by atoms with Crippen LogP contribution in [0.3, 0.4) is 0 Å². The third-order valence-electron chi connectivity index (χ3n) is 3.33. The summed E-state index contributed by atoms with van der Waals surface area (Å²) in [6.45, 7) is 0. The maximum atomic E-state index is 11.4. The van der Waals surface area contributed by atoms with Crippen LogP contribution in [0, 0.1) is 0 Å². The summed E-state index contributed by atoms with van der Waals surface area (Å²) in [6, 6.07) is 14.7. The van der Waals surface area contributed by atoms with Gasteiger partial charge in [-0.1, -0.05) is 35.5 Å². The lowest BCUT2D eigenvalue weighted by molar-refractivity contribution is 0.0600. The van der Waals surface area contributed by atoms with Gasteiger partial charge < -0.3 is 4.74 Å². The van der Waals surface area contributed by atoms with E-state index in [0.29, 0.717) is 27.3 Å². The quantitative estimate of drug-likeness (QED) is 0.546. The first-order valence-electron chi connectivity index (χ1n) is 7.14. The maximum absolute atomic E-state index is 11.4. The molecule has 0 spiro atoms. The number of H-pyrrole nitrogens is 1. The molecule has 24 heavy (non-hydrogen) atoms. The largest absolute Gasteiger partial charge is 0.465 e. The van der Waals surface area contributed by atoms with E-state index < -0.39 is 0 Å². The maximum Gasteiger partial charge on any atom is 0.337 e. The minimum Gasteiger partial charge on any atom is -0.465 e. The van der Waals surface area contributed by atoms with Crippen LogP contribution in [0.15, 0.2) is 53.7 Å². The highest BCUT2D eigenvalue weighted by Gasteiger charge is 2.08. The lowest BCUT2D eigenvalue weighted by Crippen LogP contribution is -2.00. The van der Waals surface area contributed by atoms with Crippen LogP contribution >= 0.6 is 23.4 Å². The fourth-order valence-corrected chi connectivity index (χ4v) is 2.93. The van der Waals surface area contributed by atoms with Gasteiger partial charge in [-0.15, -0.1) is 5.10 Å². The molecule has 0 atom stereocenters. The summed E-state index contributed by atoms with van der Waals surface area (Å²) >= 11 is 7.40. The molecule has 0 saturated heterocycles. The molecule has 0 aliphatic heterocycles. The van der Waals surface area contributed by atoms with E-state index in [2.05, 4.69) is 19.9 Å². The zero-order valence-corrected chi connectivity index (χ0v) is 14.4. The molecule has 1 N–H and O–H groups in total. The van der Waals surface area contributed by atoms with E-state index in [4.69, 9.17) is 11.6 Å². The second-order valence-electron chi connectivity index (χ2n) is 4.95. The van der Waals surface area contributed by atoms with Crippen molar-refractivity contribution in [3.05, 3.63) is 64.7 Å². The predicted molar refractivity (Wildman–Crippen MR) is 94.2 cm³/mol. The number of hydrogen-bond acceptors (Lipinski definition) is 5. The molecule has 3 aromatic rings. The minimum absolute atomic E-state index is 0.337. The van der Waals surface area contributed by atoms with E-state index in [0.717, 1.165) is 11.1 Å². The number of carbonyl (C=O) groups is 1. The van der Waals surface area contributed by atoms with Gasteiger partial charge in [-0.2, -0.15) is 0 Å². The molecular formula is C17H14ClN3O2S. The molecule has 7 heteroatoms. The molecule has 0 amide bonds. The Bertz CT molecular complexity index is 832. The molecule has 0 radical (unpaired) electrons. The number of esters is 1. The fraction of sp³-hybridized carbons (Fsp3) is 0.118. The lowest BCUT2D eigenvalue weighted by Gasteiger charge is -2.01. The number of benzene rings is 2. The van der Waals surface area contributed by atoms with Gasteiger partial charge in [0, 0.05) is 16.3 Å². The van der Waals surface area contributed by atoms with E-state index in [-0.39, 0.29) is 5.97 Å². The van der Waals surface area contributed by atoms with Crippen LogP contribution in [0.2, 0.25) is 5.02 Å². The lowest BCUT2D eigenvalue weighted by atomic mass is 10.1. The minimum atomic E-state index is -0.337. The molecule has 1 heterocycles. The first kappa shape index (κ1) is 16.5. The number of methoxy groups -OCH3 is 1. The summed E-state index contributed by atoms with van der Waals surface area (Å²) < 4.78 is 4.68. The summed E-state index contributed by atoms with van der Waals surface area (Å²) in [4.78, 5) is 15.9. The Morgan fingerprint density at radius 3 is 2.54 bits per heavy atom. The molecule has 3 rings (SSSR count). The molecular weight excluding hydrogens is 346 g/mol. The molecule has 0 fully saturated rings. The topological polar surface area (TPSA) is 67.9 Å². The Balaban J connectivity index is 1.63. The van der Waals surface area contributed by atoms with Gasteiger partial charge in [0.1, 0.15) is 0 Å². The number of halogens is 1. The highest BCUT2D eigenvalue weighted by atomic mass is 35.5. The van der Waals surface area contributed by atoms with Crippen molar-refractivity contribution in [2.45, 2.75) is 10.9 Å². The smallest absolute Gasteiger partial charge is 0.337 e. The van der Waals surface area contributed by atoms with Crippen molar-refractivity contribution in [1.29, 1.82) is 0 Å². The summed E-state index contributed by atoms with van der Waals surface area (Å²) in [5, 5.41) is 8.48. The molecule has 1 aromatic heterocycles. The number of aromatic amines is 1. The summed E-state index contributed by atoms with van der Waals surface area (Å²) in [5.41, 5.74) is 2.54. The average Bonchev–Trinajstić information content (AvgIpc) is 3.09. The molecule has 0 saturated carbocycles. The Hall–Kier alpha value is -2.31. The van der Waals surface area contributed by atoms with Gasteiger partial charge >= 0.3 is 5.97 Å². The van der Waals surface area contributed by atoms with Gasteiger partial charge in [-0.05, 0) is 42.0 Å². The number of aromatic nitrogens is 3. The molecule has 0 unspecified atom stereocenters. The number of carbonyl (C=O) groups excluding carboxylic acids is 1. The van der Waals surface area contributed by atoms with Crippen LogP contribution in [-0.4, -0.2) is 28.3 Å². The zero-order chi connectivity index (χ0) is 16.9. The van der Waals surface area contributed by atoms with E-state index in [1.54, 1.807) is 12.1 Å². The summed E-state index contributed by atoms with van der Waals surface area (Å²) in [5.74, 6) is 1.07. The Morgan fingerprint density at radius 1 is 1.17 bits per heavy atom. The first-order valence-corrected chi connectivity index (χ1v) is 8.50. The summed E-state index contributed by atoms with van der Waals surface area (Å²) in [7, 11) is 1.37. The molecule has 0 aliphatic carbocycles. The number of thioether (sulfide) groups is 1. The number of nitrogens with zero attached hydrogens (tertiary/aromatic N) is 2. The van der Waals surface area contributed by atoms with Crippen LogP contribution in [0.25, 0.3) is 11.4 Å². The standard InChI is InChI=1S/C17H14ClN3O2S/c1-23-16(22)13-4-2-11(3-5-13)10-24-17-19-15(20-21-17)12-6-8-14(18)9-7-12/h2-9H,10H2,1H3,(H,19,20,21). The van der Waals surface area contributed by atoms with Crippen molar-refractivity contribution >= 4 is 29.3 Å². The molecule has 0 aliphatic rings. The van der Waals surface area contributed by atoms with E-state index in [1.807, 2.05) is 36.4 Å². The first-order chi connectivity index (χ1) is 11.7. The van der Waals surface area contributed by atoms with Crippen molar-refractivity contribution in [3.63, 3.8) is 0 Å². The van der Waals surface area contributed by atoms with Crippen LogP contribution in [0.4, 0.5) is 0 Å².